The number of sulfone groups is 1. The number of hydrogen-bond acceptors (Lipinski definition) is 4. The van der Waals surface area contributed by atoms with Gasteiger partial charge in [-0.15, -0.1) is 11.8 Å². The van der Waals surface area contributed by atoms with E-state index >= 15 is 0 Å². The number of hydrogen-bond donors (Lipinski definition) is 0. The Morgan fingerprint density at radius 1 is 1.37 bits per heavy atom. The molecule has 2 rings (SSSR count). The maximum absolute atomic E-state index is 12.4. The lowest BCUT2D eigenvalue weighted by Crippen LogP contribution is -2.41. The van der Waals surface area contributed by atoms with Gasteiger partial charge in [0, 0.05) is 17.7 Å². The van der Waals surface area contributed by atoms with Crippen LogP contribution >= 0.6 is 11.8 Å². The second-order valence-corrected chi connectivity index (χ2v) is 8.13. The number of fused-ring (bicyclic) bond motifs is 1. The van der Waals surface area contributed by atoms with E-state index in [1.165, 1.54) is 6.92 Å². The van der Waals surface area contributed by atoms with Crippen LogP contribution in [-0.2, 0) is 14.6 Å². The number of anilines is 1. The molecule has 0 N–H and O–H groups in total. The van der Waals surface area contributed by atoms with Gasteiger partial charge in [0.25, 0.3) is 0 Å². The van der Waals surface area contributed by atoms with Gasteiger partial charge in [0.15, 0.2) is 9.84 Å². The van der Waals surface area contributed by atoms with Crippen LogP contribution in [0.4, 0.5) is 5.69 Å². The zero-order valence-electron chi connectivity index (χ0n) is 11.0. The van der Waals surface area contributed by atoms with Crippen molar-refractivity contribution in [3.8, 4) is 0 Å². The molecule has 0 aliphatic carbocycles. The molecule has 1 aliphatic rings. The van der Waals surface area contributed by atoms with Crippen LogP contribution in [0.3, 0.4) is 0 Å². The maximum Gasteiger partial charge on any atom is 0.245 e. The van der Waals surface area contributed by atoms with E-state index in [1.807, 2.05) is 24.3 Å². The highest BCUT2D eigenvalue weighted by Crippen LogP contribution is 2.34. The van der Waals surface area contributed by atoms with E-state index < -0.39 is 15.1 Å². The average molecular weight is 299 g/mol. The Hall–Kier alpha value is -1.01. The van der Waals surface area contributed by atoms with E-state index in [1.54, 1.807) is 16.7 Å². The summed E-state index contributed by atoms with van der Waals surface area (Å²) in [5.41, 5.74) is 0.825. The molecule has 1 aromatic carbocycles. The topological polar surface area (TPSA) is 54.5 Å². The molecule has 0 spiro atoms. The molecule has 1 heterocycles. The highest BCUT2D eigenvalue weighted by molar-refractivity contribution is 7.99. The molecule has 0 aromatic heterocycles. The van der Waals surface area contributed by atoms with Gasteiger partial charge < -0.3 is 4.90 Å². The highest BCUT2D eigenvalue weighted by atomic mass is 32.2. The highest BCUT2D eigenvalue weighted by Gasteiger charge is 2.30. The number of nitrogens with zero attached hydrogens (tertiary/aromatic N) is 1. The zero-order chi connectivity index (χ0) is 14.0. The molecule has 0 unspecified atom stereocenters. The van der Waals surface area contributed by atoms with Crippen LogP contribution < -0.4 is 4.90 Å². The number of benzene rings is 1. The normalized spacial score (nSPS) is 17.5. The second-order valence-electron chi connectivity index (χ2n) is 4.63. The van der Waals surface area contributed by atoms with E-state index in [4.69, 9.17) is 0 Å². The summed E-state index contributed by atoms with van der Waals surface area (Å²) in [4.78, 5) is 15.0. The average Bonchev–Trinajstić information content (AvgIpc) is 2.58. The van der Waals surface area contributed by atoms with Gasteiger partial charge in [-0.05, 0) is 31.2 Å². The number of thioether (sulfide) groups is 1. The molecule has 0 saturated heterocycles. The van der Waals surface area contributed by atoms with Gasteiger partial charge in [0.1, 0.15) is 5.25 Å². The van der Waals surface area contributed by atoms with Crippen molar-refractivity contribution in [2.45, 2.75) is 23.5 Å². The lowest BCUT2D eigenvalue weighted by atomic mass is 10.2. The van der Waals surface area contributed by atoms with Gasteiger partial charge >= 0.3 is 0 Å². The van der Waals surface area contributed by atoms with Crippen molar-refractivity contribution < 1.29 is 13.2 Å². The number of para-hydroxylation sites is 1. The van der Waals surface area contributed by atoms with Crippen LogP contribution in [0, 0.1) is 0 Å². The molecule has 1 atom stereocenters. The smallest absolute Gasteiger partial charge is 0.245 e. The minimum atomic E-state index is -3.36. The molecule has 19 heavy (non-hydrogen) atoms. The van der Waals surface area contributed by atoms with Crippen LogP contribution in [0.25, 0.3) is 0 Å². The number of carbonyl (C=O) groups is 1. The number of rotatable bonds is 2. The largest absolute Gasteiger partial charge is 0.310 e. The van der Waals surface area contributed by atoms with Crippen LogP contribution in [0.15, 0.2) is 29.2 Å². The van der Waals surface area contributed by atoms with Gasteiger partial charge in [-0.2, -0.15) is 0 Å². The van der Waals surface area contributed by atoms with Crippen molar-refractivity contribution in [1.29, 1.82) is 0 Å². The molecule has 1 amide bonds. The molecule has 6 heteroatoms. The van der Waals surface area contributed by atoms with E-state index in [-0.39, 0.29) is 5.91 Å². The monoisotopic (exact) mass is 299 g/mol. The van der Waals surface area contributed by atoms with Crippen molar-refractivity contribution >= 4 is 33.2 Å². The van der Waals surface area contributed by atoms with Gasteiger partial charge in [0.2, 0.25) is 5.91 Å². The molecule has 104 valence electrons. The fourth-order valence-electron chi connectivity index (χ4n) is 1.96. The predicted molar refractivity (Wildman–Crippen MR) is 78.4 cm³/mol. The first-order chi connectivity index (χ1) is 8.91. The summed E-state index contributed by atoms with van der Waals surface area (Å²) in [6, 6.07) is 7.65. The molecule has 1 aromatic rings. The molecular formula is C13H17NO3S2. The summed E-state index contributed by atoms with van der Waals surface area (Å²) in [5.74, 6) is 0.603. The van der Waals surface area contributed by atoms with Crippen molar-refractivity contribution in [1.82, 2.24) is 0 Å². The molecule has 0 bridgehead atoms. The maximum atomic E-state index is 12.4. The second kappa shape index (κ2) is 5.54. The third-order valence-corrected chi connectivity index (χ3v) is 5.83. The lowest BCUT2D eigenvalue weighted by molar-refractivity contribution is -0.118. The van der Waals surface area contributed by atoms with Gasteiger partial charge in [-0.25, -0.2) is 8.42 Å². The molecule has 0 fully saturated rings. The fraction of sp³-hybridized carbons (Fsp3) is 0.462. The van der Waals surface area contributed by atoms with Crippen molar-refractivity contribution in [2.75, 3.05) is 23.5 Å². The minimum absolute atomic E-state index is 0.336. The number of amides is 1. The first-order valence-electron chi connectivity index (χ1n) is 6.13. The van der Waals surface area contributed by atoms with Crippen molar-refractivity contribution in [3.63, 3.8) is 0 Å². The van der Waals surface area contributed by atoms with Gasteiger partial charge in [-0.1, -0.05) is 12.1 Å². The summed E-state index contributed by atoms with van der Waals surface area (Å²) >= 11 is 1.71. The molecule has 1 aliphatic heterocycles. The Balaban J connectivity index is 2.37. The Bertz CT molecular complexity index is 583. The summed E-state index contributed by atoms with van der Waals surface area (Å²) in [6.07, 6.45) is 1.97. The van der Waals surface area contributed by atoms with Crippen LogP contribution in [-0.4, -0.2) is 38.1 Å². The summed E-state index contributed by atoms with van der Waals surface area (Å²) < 4.78 is 23.1. The molecule has 0 radical (unpaired) electrons. The summed E-state index contributed by atoms with van der Waals surface area (Å²) in [6.45, 7) is 2.03. The van der Waals surface area contributed by atoms with E-state index in [9.17, 15) is 13.2 Å². The van der Waals surface area contributed by atoms with Crippen LogP contribution in [0.2, 0.25) is 0 Å². The third kappa shape index (κ3) is 3.12. The molecule has 0 saturated carbocycles. The zero-order valence-corrected chi connectivity index (χ0v) is 12.6. The lowest BCUT2D eigenvalue weighted by Gasteiger charge is -2.25. The molecular weight excluding hydrogens is 282 g/mol. The standard InChI is InChI=1S/C13H17NO3S2/c1-10(19(2,16)17)13(15)14-8-5-9-18-12-7-4-3-6-11(12)14/h3-4,6-7,10H,5,8-9H2,1-2H3/t10-/m0/s1. The fourth-order valence-corrected chi connectivity index (χ4v) is 3.45. The van der Waals surface area contributed by atoms with E-state index in [2.05, 4.69) is 0 Å². The SMILES string of the molecule is C[C@@H](C(=O)N1CCCSc2ccccc21)S(C)(=O)=O. The van der Waals surface area contributed by atoms with Crippen molar-refractivity contribution in [3.05, 3.63) is 24.3 Å². The van der Waals surface area contributed by atoms with E-state index in [0.717, 1.165) is 29.0 Å². The summed E-state index contributed by atoms with van der Waals surface area (Å²) in [5, 5.41) is -0.997. The van der Waals surface area contributed by atoms with Crippen LogP contribution in [0.1, 0.15) is 13.3 Å². The first-order valence-corrected chi connectivity index (χ1v) is 9.07. The summed E-state index contributed by atoms with van der Waals surface area (Å²) in [7, 11) is -3.36. The predicted octanol–water partition coefficient (Wildman–Crippen LogP) is 1.95. The van der Waals surface area contributed by atoms with E-state index in [0.29, 0.717) is 6.54 Å². The Kier molecular flexibility index (Phi) is 4.20. The Morgan fingerprint density at radius 2 is 2.05 bits per heavy atom. The van der Waals surface area contributed by atoms with Crippen LogP contribution in [0.5, 0.6) is 0 Å². The quantitative estimate of drug-likeness (QED) is 0.837. The minimum Gasteiger partial charge on any atom is -0.310 e. The molecule has 4 nitrogen and oxygen atoms in total. The number of carbonyl (C=O) groups excluding carboxylic acids is 1. The van der Waals surface area contributed by atoms with Gasteiger partial charge in [-0.3, -0.25) is 4.79 Å². The third-order valence-electron chi connectivity index (χ3n) is 3.20. The van der Waals surface area contributed by atoms with Gasteiger partial charge in [0.05, 0.1) is 5.69 Å². The first kappa shape index (κ1) is 14.4. The Labute approximate surface area is 118 Å². The van der Waals surface area contributed by atoms with Crippen molar-refractivity contribution in [2.24, 2.45) is 0 Å². The Morgan fingerprint density at radius 3 is 2.74 bits per heavy atom.